The maximum absolute atomic E-state index is 10.6. The van der Waals surface area contributed by atoms with Crippen LogP contribution in [0.1, 0.15) is 24.0 Å². The summed E-state index contributed by atoms with van der Waals surface area (Å²) in [4.78, 5) is 2.46. The zero-order valence-electron chi connectivity index (χ0n) is 13.0. The van der Waals surface area contributed by atoms with Gasteiger partial charge in [-0.15, -0.1) is 0 Å². The van der Waals surface area contributed by atoms with Crippen molar-refractivity contribution >= 4 is 0 Å². The van der Waals surface area contributed by atoms with Gasteiger partial charge in [-0.2, -0.15) is 0 Å². The molecular formula is C18H21NO3. The van der Waals surface area contributed by atoms with Crippen LogP contribution < -0.4 is 9.47 Å². The minimum Gasteiger partial charge on any atom is -0.493 e. The molecule has 1 aromatic rings. The first kappa shape index (κ1) is 13.0. The summed E-state index contributed by atoms with van der Waals surface area (Å²) >= 11 is 0. The van der Waals surface area contributed by atoms with Crippen LogP contribution in [0.2, 0.25) is 0 Å². The molecule has 1 fully saturated rings. The lowest BCUT2D eigenvalue weighted by Crippen LogP contribution is -2.64. The van der Waals surface area contributed by atoms with Crippen LogP contribution in [-0.2, 0) is 11.8 Å². The minimum absolute atomic E-state index is 0.0263. The number of aliphatic hydroxyl groups excluding tert-OH is 1. The Labute approximate surface area is 130 Å². The van der Waals surface area contributed by atoms with E-state index in [-0.39, 0.29) is 17.1 Å². The number of nitrogens with zero attached hydrogens (tertiary/aromatic N) is 1. The summed E-state index contributed by atoms with van der Waals surface area (Å²) in [7, 11) is 3.89. The molecular weight excluding hydrogens is 278 g/mol. The molecule has 1 saturated heterocycles. The van der Waals surface area contributed by atoms with Crippen molar-refractivity contribution in [3.63, 3.8) is 0 Å². The van der Waals surface area contributed by atoms with Gasteiger partial charge in [-0.25, -0.2) is 0 Å². The summed E-state index contributed by atoms with van der Waals surface area (Å²) in [5.74, 6) is 1.66. The standard InChI is InChI=1S/C18H21NO3/c1-19-10-9-18-14-11-3-4-13(21-2)15(14)22-16(18)12(20)6-8-17(18,19)7-5-11/h3-4,6,8,12,16,20H,5,7,9-10H2,1-2H3. The van der Waals surface area contributed by atoms with E-state index in [1.165, 1.54) is 11.1 Å². The van der Waals surface area contributed by atoms with Gasteiger partial charge in [0.25, 0.3) is 0 Å². The van der Waals surface area contributed by atoms with Gasteiger partial charge in [0.15, 0.2) is 11.5 Å². The molecule has 116 valence electrons. The van der Waals surface area contributed by atoms with Crippen molar-refractivity contribution in [1.82, 2.24) is 4.90 Å². The Morgan fingerprint density at radius 3 is 3.05 bits per heavy atom. The summed E-state index contributed by atoms with van der Waals surface area (Å²) in [5.41, 5.74) is 2.51. The van der Waals surface area contributed by atoms with Gasteiger partial charge in [-0.05, 0) is 44.5 Å². The second-order valence-electron chi connectivity index (χ2n) is 7.09. The predicted octanol–water partition coefficient (Wildman–Crippen LogP) is 1.65. The average molecular weight is 299 g/mol. The Kier molecular flexibility index (Phi) is 2.28. The molecule has 4 nitrogen and oxygen atoms in total. The van der Waals surface area contributed by atoms with Gasteiger partial charge in [0.05, 0.1) is 18.1 Å². The van der Waals surface area contributed by atoms with E-state index in [9.17, 15) is 5.11 Å². The summed E-state index contributed by atoms with van der Waals surface area (Å²) in [5, 5.41) is 10.6. The number of likely N-dealkylation sites (tertiary alicyclic amines) is 1. The highest BCUT2D eigenvalue weighted by Gasteiger charge is 2.70. The minimum atomic E-state index is -0.553. The van der Waals surface area contributed by atoms with Gasteiger partial charge in [-0.1, -0.05) is 18.2 Å². The second-order valence-corrected chi connectivity index (χ2v) is 7.09. The van der Waals surface area contributed by atoms with Gasteiger partial charge in [0.1, 0.15) is 12.2 Å². The van der Waals surface area contributed by atoms with E-state index in [0.29, 0.717) is 0 Å². The van der Waals surface area contributed by atoms with Crippen molar-refractivity contribution < 1.29 is 14.6 Å². The zero-order chi connectivity index (χ0) is 15.1. The van der Waals surface area contributed by atoms with Crippen LogP contribution in [-0.4, -0.2) is 48.5 Å². The Hall–Kier alpha value is -1.52. The fourth-order valence-electron chi connectivity index (χ4n) is 5.60. The number of rotatable bonds is 1. The van der Waals surface area contributed by atoms with Crippen LogP contribution in [0.3, 0.4) is 0 Å². The SMILES string of the molecule is COc1ccc2c3c1OC1C(O)C=CC4(CC2)N(C)CCC314. The molecule has 0 saturated carbocycles. The molecule has 2 aliphatic heterocycles. The molecule has 2 heterocycles. The Morgan fingerprint density at radius 2 is 2.23 bits per heavy atom. The smallest absolute Gasteiger partial charge is 0.166 e. The highest BCUT2D eigenvalue weighted by Crippen LogP contribution is 2.65. The van der Waals surface area contributed by atoms with E-state index in [1.807, 2.05) is 12.1 Å². The lowest BCUT2D eigenvalue weighted by atomic mass is 9.54. The average Bonchev–Trinajstić information content (AvgIpc) is 3.05. The molecule has 4 atom stereocenters. The number of hydrogen-bond acceptors (Lipinski definition) is 4. The van der Waals surface area contributed by atoms with Gasteiger partial charge >= 0.3 is 0 Å². The number of likely N-dealkylation sites (N-methyl/N-ethyl adjacent to an activating group) is 1. The summed E-state index contributed by atoms with van der Waals surface area (Å²) in [6.45, 7) is 1.03. The first-order chi connectivity index (χ1) is 10.6. The Morgan fingerprint density at radius 1 is 1.36 bits per heavy atom. The highest BCUT2D eigenvalue weighted by molar-refractivity contribution is 5.64. The van der Waals surface area contributed by atoms with Crippen LogP contribution >= 0.6 is 0 Å². The third-order valence-electron chi connectivity index (χ3n) is 6.55. The molecule has 22 heavy (non-hydrogen) atoms. The van der Waals surface area contributed by atoms with Crippen LogP contribution in [0.15, 0.2) is 24.3 Å². The van der Waals surface area contributed by atoms with Crippen LogP contribution in [0.4, 0.5) is 0 Å². The topological polar surface area (TPSA) is 41.9 Å². The number of aliphatic hydroxyl groups is 1. The molecule has 0 aromatic heterocycles. The zero-order valence-corrected chi connectivity index (χ0v) is 13.0. The van der Waals surface area contributed by atoms with Crippen molar-refractivity contribution in [3.8, 4) is 11.5 Å². The van der Waals surface area contributed by atoms with Crippen LogP contribution in [0.25, 0.3) is 0 Å². The number of hydrogen-bond donors (Lipinski definition) is 1. The third kappa shape index (κ3) is 1.14. The van der Waals surface area contributed by atoms with E-state index in [2.05, 4.69) is 24.1 Å². The van der Waals surface area contributed by atoms with Crippen molar-refractivity contribution in [3.05, 3.63) is 35.4 Å². The molecule has 1 N–H and O–H groups in total. The Bertz CT molecular complexity index is 700. The van der Waals surface area contributed by atoms with E-state index >= 15 is 0 Å². The van der Waals surface area contributed by atoms with E-state index in [1.54, 1.807) is 7.11 Å². The molecule has 0 amide bonds. The summed E-state index contributed by atoms with van der Waals surface area (Å²) < 4.78 is 11.9. The third-order valence-corrected chi connectivity index (χ3v) is 6.55. The molecule has 1 spiro atoms. The Balaban J connectivity index is 1.87. The highest BCUT2D eigenvalue weighted by atomic mass is 16.5. The quantitative estimate of drug-likeness (QED) is 0.801. The molecule has 2 aliphatic carbocycles. The van der Waals surface area contributed by atoms with Crippen LogP contribution in [0.5, 0.6) is 11.5 Å². The lowest BCUT2D eigenvalue weighted by molar-refractivity contribution is -0.0178. The summed E-state index contributed by atoms with van der Waals surface area (Å²) in [6.07, 6.45) is 6.61. The van der Waals surface area contributed by atoms with E-state index in [0.717, 1.165) is 37.3 Å². The maximum Gasteiger partial charge on any atom is 0.166 e. The number of methoxy groups -OCH3 is 1. The number of benzene rings is 1. The molecule has 4 unspecified atom stereocenters. The lowest BCUT2D eigenvalue weighted by Gasteiger charge is -2.53. The molecule has 4 heteroatoms. The molecule has 5 rings (SSSR count). The summed E-state index contributed by atoms with van der Waals surface area (Å²) in [6, 6.07) is 4.19. The fourth-order valence-corrected chi connectivity index (χ4v) is 5.60. The molecule has 0 radical (unpaired) electrons. The maximum atomic E-state index is 10.6. The fraction of sp³-hybridized carbons (Fsp3) is 0.556. The molecule has 4 aliphatic rings. The monoisotopic (exact) mass is 299 g/mol. The van der Waals surface area contributed by atoms with Crippen LogP contribution in [0, 0.1) is 0 Å². The van der Waals surface area contributed by atoms with E-state index in [4.69, 9.17) is 9.47 Å². The normalized spacial score (nSPS) is 41.0. The molecule has 1 aromatic carbocycles. The number of ether oxygens (including phenoxy) is 2. The van der Waals surface area contributed by atoms with Gasteiger partial charge < -0.3 is 14.6 Å². The van der Waals surface area contributed by atoms with Gasteiger partial charge in [0, 0.05) is 5.56 Å². The van der Waals surface area contributed by atoms with Crippen molar-refractivity contribution in [1.29, 1.82) is 0 Å². The van der Waals surface area contributed by atoms with Gasteiger partial charge in [-0.3, -0.25) is 4.90 Å². The molecule has 0 bridgehead atoms. The van der Waals surface area contributed by atoms with E-state index < -0.39 is 6.10 Å². The van der Waals surface area contributed by atoms with Crippen molar-refractivity contribution in [2.45, 2.75) is 42.4 Å². The number of aryl methyl sites for hydroxylation is 1. The van der Waals surface area contributed by atoms with Crippen molar-refractivity contribution in [2.75, 3.05) is 20.7 Å². The second kappa shape index (κ2) is 3.87. The van der Waals surface area contributed by atoms with Gasteiger partial charge in [0.2, 0.25) is 0 Å². The predicted molar refractivity (Wildman–Crippen MR) is 82.5 cm³/mol. The largest absolute Gasteiger partial charge is 0.493 e. The first-order valence-corrected chi connectivity index (χ1v) is 8.10. The first-order valence-electron chi connectivity index (χ1n) is 8.10. The van der Waals surface area contributed by atoms with Crippen molar-refractivity contribution in [2.24, 2.45) is 0 Å².